The van der Waals surface area contributed by atoms with E-state index in [1.165, 1.54) is 4.90 Å². The summed E-state index contributed by atoms with van der Waals surface area (Å²) in [6, 6.07) is 2.98. The van der Waals surface area contributed by atoms with Crippen molar-refractivity contribution in [3.8, 4) is 0 Å². The number of halogens is 2. The minimum absolute atomic E-state index is 0.0148. The Morgan fingerprint density at radius 1 is 1.23 bits per heavy atom. The molecule has 1 aromatic rings. The van der Waals surface area contributed by atoms with Crippen LogP contribution in [0.25, 0.3) is 0 Å². The second kappa shape index (κ2) is 8.22. The lowest BCUT2D eigenvalue weighted by molar-refractivity contribution is -0.131. The van der Waals surface area contributed by atoms with E-state index in [0.717, 1.165) is 22.5 Å². The van der Waals surface area contributed by atoms with E-state index in [4.69, 9.17) is 5.73 Å². The molecule has 2 heterocycles. The van der Waals surface area contributed by atoms with Crippen LogP contribution in [0.1, 0.15) is 40.0 Å². The standard InChI is InChI=1S/C20H28F2N4O3S/c1-13(2)11-20(3)18(27)26(19(23)24-20)12-14-7-9-25(10-8-14)30(28,29)17-15(21)5-4-6-16(17)22/h4-6,13-14H,7-12H2,1-3H3,(H2,23,24). The summed E-state index contributed by atoms with van der Waals surface area (Å²) in [5, 5.41) is 0. The van der Waals surface area contributed by atoms with Crippen LogP contribution in [0.5, 0.6) is 0 Å². The van der Waals surface area contributed by atoms with Crippen LogP contribution < -0.4 is 5.73 Å². The first-order valence-corrected chi connectivity index (χ1v) is 11.5. The average Bonchev–Trinajstić information content (AvgIpc) is 2.84. The van der Waals surface area contributed by atoms with Crippen molar-refractivity contribution in [1.29, 1.82) is 0 Å². The van der Waals surface area contributed by atoms with Gasteiger partial charge >= 0.3 is 0 Å². The molecule has 0 radical (unpaired) electrons. The van der Waals surface area contributed by atoms with Gasteiger partial charge in [0.15, 0.2) is 10.9 Å². The fraction of sp³-hybridized carbons (Fsp3) is 0.600. The van der Waals surface area contributed by atoms with Crippen molar-refractivity contribution in [2.24, 2.45) is 22.6 Å². The maximum absolute atomic E-state index is 14.0. The zero-order chi connectivity index (χ0) is 22.3. The summed E-state index contributed by atoms with van der Waals surface area (Å²) in [6.45, 7) is 6.39. The van der Waals surface area contributed by atoms with Crippen molar-refractivity contribution in [1.82, 2.24) is 9.21 Å². The number of amides is 1. The number of nitrogens with two attached hydrogens (primary N) is 1. The molecule has 166 valence electrons. The van der Waals surface area contributed by atoms with Crippen LogP contribution in [0.3, 0.4) is 0 Å². The van der Waals surface area contributed by atoms with Crippen LogP contribution in [-0.2, 0) is 14.8 Å². The lowest BCUT2D eigenvalue weighted by atomic mass is 9.90. The van der Waals surface area contributed by atoms with Gasteiger partial charge in [0.25, 0.3) is 5.91 Å². The van der Waals surface area contributed by atoms with E-state index in [-0.39, 0.29) is 36.8 Å². The molecule has 2 aliphatic rings. The predicted molar refractivity (Wildman–Crippen MR) is 109 cm³/mol. The fourth-order valence-electron chi connectivity index (χ4n) is 4.31. The van der Waals surface area contributed by atoms with Crippen molar-refractivity contribution in [3.05, 3.63) is 29.8 Å². The van der Waals surface area contributed by atoms with Gasteiger partial charge in [-0.05, 0) is 50.2 Å². The summed E-state index contributed by atoms with van der Waals surface area (Å²) >= 11 is 0. The second-order valence-corrected chi connectivity index (χ2v) is 10.5. The van der Waals surface area contributed by atoms with Gasteiger partial charge in [-0.1, -0.05) is 19.9 Å². The lowest BCUT2D eigenvalue weighted by Crippen LogP contribution is -2.48. The van der Waals surface area contributed by atoms with E-state index in [1.807, 2.05) is 13.8 Å². The Hall–Kier alpha value is -2.07. The van der Waals surface area contributed by atoms with E-state index >= 15 is 0 Å². The highest BCUT2D eigenvalue weighted by Crippen LogP contribution is 2.31. The maximum Gasteiger partial charge on any atom is 0.257 e. The number of benzene rings is 1. The quantitative estimate of drug-likeness (QED) is 0.731. The Bertz CT molecular complexity index is 939. The molecule has 0 bridgehead atoms. The molecule has 2 N–H and O–H groups in total. The molecule has 1 atom stereocenters. The van der Waals surface area contributed by atoms with Gasteiger partial charge in [-0.25, -0.2) is 22.2 Å². The summed E-state index contributed by atoms with van der Waals surface area (Å²) in [4.78, 5) is 17.8. The molecule has 1 aromatic carbocycles. The highest BCUT2D eigenvalue weighted by molar-refractivity contribution is 7.89. The number of aliphatic imine (C=N–C) groups is 1. The molecule has 0 aliphatic carbocycles. The third kappa shape index (κ3) is 4.20. The smallest absolute Gasteiger partial charge is 0.257 e. The number of sulfonamides is 1. The van der Waals surface area contributed by atoms with E-state index in [2.05, 4.69) is 4.99 Å². The van der Waals surface area contributed by atoms with Crippen molar-refractivity contribution < 1.29 is 22.0 Å². The summed E-state index contributed by atoms with van der Waals surface area (Å²) in [6.07, 6.45) is 1.49. The largest absolute Gasteiger partial charge is 0.369 e. The van der Waals surface area contributed by atoms with Crippen molar-refractivity contribution in [3.63, 3.8) is 0 Å². The van der Waals surface area contributed by atoms with Crippen molar-refractivity contribution in [2.45, 2.75) is 50.5 Å². The Morgan fingerprint density at radius 3 is 2.33 bits per heavy atom. The van der Waals surface area contributed by atoms with Crippen molar-refractivity contribution in [2.75, 3.05) is 19.6 Å². The molecule has 1 amide bonds. The summed E-state index contributed by atoms with van der Waals surface area (Å²) in [7, 11) is -4.27. The van der Waals surface area contributed by atoms with Crippen LogP contribution in [0.4, 0.5) is 8.78 Å². The normalized spacial score (nSPS) is 24.0. The van der Waals surface area contributed by atoms with Crippen LogP contribution >= 0.6 is 0 Å². The summed E-state index contributed by atoms with van der Waals surface area (Å²) < 4.78 is 54.5. The van der Waals surface area contributed by atoms with Crippen LogP contribution in [-0.4, -0.2) is 54.7 Å². The molecule has 2 aliphatic heterocycles. The Kier molecular flexibility index (Phi) is 6.20. The molecule has 3 rings (SSSR count). The monoisotopic (exact) mass is 442 g/mol. The third-order valence-electron chi connectivity index (χ3n) is 5.68. The van der Waals surface area contributed by atoms with Crippen LogP contribution in [0, 0.1) is 23.5 Å². The Morgan fingerprint density at radius 2 is 1.80 bits per heavy atom. The maximum atomic E-state index is 14.0. The highest BCUT2D eigenvalue weighted by atomic mass is 32.2. The van der Waals surface area contributed by atoms with E-state index in [1.54, 1.807) is 6.92 Å². The van der Waals surface area contributed by atoms with Crippen LogP contribution in [0.15, 0.2) is 28.1 Å². The minimum Gasteiger partial charge on any atom is -0.369 e. The predicted octanol–water partition coefficient (Wildman–Crippen LogP) is 2.33. The number of guanidine groups is 1. The topological polar surface area (TPSA) is 96.1 Å². The van der Waals surface area contributed by atoms with Crippen molar-refractivity contribution >= 4 is 21.9 Å². The zero-order valence-electron chi connectivity index (χ0n) is 17.4. The molecule has 1 fully saturated rings. The number of nitrogens with zero attached hydrogens (tertiary/aromatic N) is 3. The Balaban J connectivity index is 1.65. The molecule has 30 heavy (non-hydrogen) atoms. The SMILES string of the molecule is CC(C)CC1(C)N=C(N)N(CC2CCN(S(=O)(=O)c3c(F)cccc3F)CC2)C1=O. The molecule has 1 unspecified atom stereocenters. The van der Waals surface area contributed by atoms with E-state index in [9.17, 15) is 22.0 Å². The van der Waals surface area contributed by atoms with Crippen LogP contribution in [0.2, 0.25) is 0 Å². The van der Waals surface area contributed by atoms with E-state index < -0.39 is 32.1 Å². The first-order chi connectivity index (χ1) is 14.0. The third-order valence-corrected chi connectivity index (χ3v) is 7.63. The highest BCUT2D eigenvalue weighted by Gasteiger charge is 2.45. The molecular weight excluding hydrogens is 414 g/mol. The fourth-order valence-corrected chi connectivity index (χ4v) is 5.89. The zero-order valence-corrected chi connectivity index (χ0v) is 18.3. The molecule has 0 saturated carbocycles. The van der Waals surface area contributed by atoms with Gasteiger partial charge in [-0.2, -0.15) is 4.31 Å². The van der Waals surface area contributed by atoms with Gasteiger partial charge in [0.2, 0.25) is 10.0 Å². The van der Waals surface area contributed by atoms with Gasteiger partial charge in [-0.15, -0.1) is 0 Å². The van der Waals surface area contributed by atoms with Gasteiger partial charge in [-0.3, -0.25) is 9.69 Å². The number of piperidine rings is 1. The van der Waals surface area contributed by atoms with E-state index in [0.29, 0.717) is 25.8 Å². The minimum atomic E-state index is -4.27. The van der Waals surface area contributed by atoms with Gasteiger partial charge in [0, 0.05) is 19.6 Å². The first-order valence-electron chi connectivity index (χ1n) is 10.1. The number of hydrogen-bond donors (Lipinski definition) is 1. The number of carbonyl (C=O) groups excluding carboxylic acids is 1. The molecule has 0 aromatic heterocycles. The van der Waals surface area contributed by atoms with Gasteiger partial charge < -0.3 is 5.73 Å². The first kappa shape index (κ1) is 22.6. The molecular formula is C20H28F2N4O3S. The number of hydrogen-bond acceptors (Lipinski definition) is 5. The summed E-state index contributed by atoms with van der Waals surface area (Å²) in [5.41, 5.74) is 5.14. The van der Waals surface area contributed by atoms with Gasteiger partial charge in [0.05, 0.1) is 0 Å². The lowest BCUT2D eigenvalue weighted by Gasteiger charge is -2.33. The van der Waals surface area contributed by atoms with Gasteiger partial charge in [0.1, 0.15) is 17.2 Å². The number of rotatable bonds is 6. The second-order valence-electron chi connectivity index (χ2n) is 8.66. The molecule has 10 heteroatoms. The Labute approximate surface area is 176 Å². The summed E-state index contributed by atoms with van der Waals surface area (Å²) in [5.74, 6) is -1.87. The molecule has 0 spiro atoms. The average molecular weight is 443 g/mol. The number of carbonyl (C=O) groups is 1. The molecule has 1 saturated heterocycles. The molecule has 7 nitrogen and oxygen atoms in total.